The van der Waals surface area contributed by atoms with E-state index in [2.05, 4.69) is 0 Å². The molecule has 2 aromatic carbocycles. The van der Waals surface area contributed by atoms with Crippen molar-refractivity contribution < 1.29 is 13.2 Å². The largest absolute Gasteiger partial charge is 0.417 e. The number of pyridine rings is 1. The van der Waals surface area contributed by atoms with Gasteiger partial charge in [-0.05, 0) is 22.4 Å². The minimum atomic E-state index is -4.46. The summed E-state index contributed by atoms with van der Waals surface area (Å²) in [5, 5.41) is 1.91. The van der Waals surface area contributed by atoms with Crippen molar-refractivity contribution in [1.29, 1.82) is 0 Å². The average molecular weight is 303 g/mol. The van der Waals surface area contributed by atoms with Crippen LogP contribution in [0.5, 0.6) is 0 Å². The third kappa shape index (κ3) is 2.74. The van der Waals surface area contributed by atoms with Gasteiger partial charge in [0.1, 0.15) is 0 Å². The molecule has 0 aliphatic rings. The molecule has 1 heterocycles. The fourth-order valence-electron chi connectivity index (χ4n) is 2.44. The maximum absolute atomic E-state index is 12.8. The van der Waals surface area contributed by atoms with Crippen molar-refractivity contribution in [1.82, 2.24) is 4.57 Å². The van der Waals surface area contributed by atoms with Crippen LogP contribution in [0.2, 0.25) is 0 Å². The number of benzene rings is 2. The highest BCUT2D eigenvalue weighted by Crippen LogP contribution is 2.28. The molecule has 0 bridgehead atoms. The zero-order valence-electron chi connectivity index (χ0n) is 11.5. The first-order chi connectivity index (χ1) is 10.4. The first-order valence-corrected chi connectivity index (χ1v) is 6.69. The van der Waals surface area contributed by atoms with E-state index in [9.17, 15) is 18.0 Å². The summed E-state index contributed by atoms with van der Waals surface area (Å²) in [5.41, 5.74) is -0.479. The fourth-order valence-corrected chi connectivity index (χ4v) is 2.44. The molecule has 1 aromatic heterocycles. The van der Waals surface area contributed by atoms with Crippen LogP contribution in [0.3, 0.4) is 0 Å². The zero-order chi connectivity index (χ0) is 15.7. The molecule has 5 heteroatoms. The Balaban J connectivity index is 2.07. The molecule has 2 nitrogen and oxygen atoms in total. The van der Waals surface area contributed by atoms with E-state index in [0.717, 1.165) is 39.2 Å². The third-order valence-corrected chi connectivity index (χ3v) is 3.53. The number of nitrogens with zero attached hydrogens (tertiary/aromatic N) is 1. The van der Waals surface area contributed by atoms with Crippen molar-refractivity contribution in [2.75, 3.05) is 0 Å². The minimum Gasteiger partial charge on any atom is -0.310 e. The Bertz CT molecular complexity index is 875. The van der Waals surface area contributed by atoms with E-state index in [1.807, 2.05) is 42.5 Å². The summed E-state index contributed by atoms with van der Waals surface area (Å²) in [6.07, 6.45) is -3.60. The summed E-state index contributed by atoms with van der Waals surface area (Å²) in [6, 6.07) is 14.9. The molecule has 0 aliphatic heterocycles. The molecule has 0 N–H and O–H groups in total. The van der Waals surface area contributed by atoms with E-state index in [1.165, 1.54) is 0 Å². The van der Waals surface area contributed by atoms with Crippen LogP contribution in [0, 0.1) is 0 Å². The molecule has 0 unspecified atom stereocenters. The Labute approximate surface area is 124 Å². The van der Waals surface area contributed by atoms with E-state index in [-0.39, 0.29) is 6.54 Å². The van der Waals surface area contributed by atoms with Gasteiger partial charge in [0.2, 0.25) is 0 Å². The smallest absolute Gasteiger partial charge is 0.310 e. The molecule has 0 amide bonds. The second kappa shape index (κ2) is 5.33. The van der Waals surface area contributed by atoms with Crippen LogP contribution in [0.25, 0.3) is 10.8 Å². The molecule has 0 spiro atoms. The summed E-state index contributed by atoms with van der Waals surface area (Å²) >= 11 is 0. The van der Waals surface area contributed by atoms with Crippen molar-refractivity contribution in [3.8, 4) is 0 Å². The molecular weight excluding hydrogens is 291 g/mol. The number of halogens is 3. The summed E-state index contributed by atoms with van der Waals surface area (Å²) < 4.78 is 39.4. The molecule has 3 aromatic rings. The number of hydrogen-bond acceptors (Lipinski definition) is 1. The monoisotopic (exact) mass is 303 g/mol. The molecule has 0 radical (unpaired) electrons. The molecular formula is C17H12F3NO. The minimum absolute atomic E-state index is 0.101. The maximum Gasteiger partial charge on any atom is 0.417 e. The number of alkyl halides is 3. The van der Waals surface area contributed by atoms with E-state index in [4.69, 9.17) is 0 Å². The Hall–Kier alpha value is -2.56. The quantitative estimate of drug-likeness (QED) is 0.699. The molecule has 0 saturated heterocycles. The number of fused-ring (bicyclic) bond motifs is 1. The maximum atomic E-state index is 12.8. The lowest BCUT2D eigenvalue weighted by Crippen LogP contribution is -2.22. The number of hydrogen-bond donors (Lipinski definition) is 0. The summed E-state index contributed by atoms with van der Waals surface area (Å²) in [4.78, 5) is 11.8. The molecule has 22 heavy (non-hydrogen) atoms. The Morgan fingerprint density at radius 3 is 2.41 bits per heavy atom. The van der Waals surface area contributed by atoms with Gasteiger partial charge in [0, 0.05) is 12.3 Å². The first kappa shape index (κ1) is 14.4. The molecule has 0 aliphatic carbocycles. The average Bonchev–Trinajstić information content (AvgIpc) is 2.49. The van der Waals surface area contributed by atoms with Crippen LogP contribution in [-0.4, -0.2) is 4.57 Å². The highest BCUT2D eigenvalue weighted by atomic mass is 19.4. The number of rotatable bonds is 2. The molecule has 3 rings (SSSR count). The summed E-state index contributed by atoms with van der Waals surface area (Å²) in [7, 11) is 0. The van der Waals surface area contributed by atoms with Crippen LogP contribution in [0.1, 0.15) is 11.1 Å². The Morgan fingerprint density at radius 2 is 1.64 bits per heavy atom. The lowest BCUT2D eigenvalue weighted by molar-refractivity contribution is -0.138. The van der Waals surface area contributed by atoms with Gasteiger partial charge in [-0.25, -0.2) is 0 Å². The van der Waals surface area contributed by atoms with E-state index < -0.39 is 17.3 Å². The summed E-state index contributed by atoms with van der Waals surface area (Å²) in [6.45, 7) is 0.101. The van der Waals surface area contributed by atoms with E-state index in [1.54, 1.807) is 0 Å². The van der Waals surface area contributed by atoms with Crippen LogP contribution in [-0.2, 0) is 12.7 Å². The highest BCUT2D eigenvalue weighted by Gasteiger charge is 2.31. The standard InChI is InChI=1S/C17H12F3NO/c18-17(19,20)14-8-9-16(22)21(11-14)10-13-6-3-5-12-4-1-2-7-15(12)13/h1-9,11H,10H2. The van der Waals surface area contributed by atoms with Crippen molar-refractivity contribution >= 4 is 10.8 Å². The van der Waals surface area contributed by atoms with Gasteiger partial charge in [0.25, 0.3) is 5.56 Å². The molecule has 112 valence electrons. The Kier molecular flexibility index (Phi) is 3.48. The second-order valence-corrected chi connectivity index (χ2v) is 5.02. The second-order valence-electron chi connectivity index (χ2n) is 5.02. The summed E-state index contributed by atoms with van der Waals surface area (Å²) in [5.74, 6) is 0. The van der Waals surface area contributed by atoms with Crippen molar-refractivity contribution in [2.45, 2.75) is 12.7 Å². The van der Waals surface area contributed by atoms with Crippen molar-refractivity contribution in [3.05, 3.63) is 82.3 Å². The lowest BCUT2D eigenvalue weighted by atomic mass is 10.0. The number of aromatic nitrogens is 1. The first-order valence-electron chi connectivity index (χ1n) is 6.69. The van der Waals surface area contributed by atoms with Gasteiger partial charge in [0.15, 0.2) is 0 Å². The van der Waals surface area contributed by atoms with Gasteiger partial charge in [0.05, 0.1) is 12.1 Å². The Morgan fingerprint density at radius 1 is 0.909 bits per heavy atom. The normalized spacial score (nSPS) is 11.8. The highest BCUT2D eigenvalue weighted by molar-refractivity contribution is 5.85. The van der Waals surface area contributed by atoms with Crippen molar-refractivity contribution in [2.24, 2.45) is 0 Å². The molecule has 0 atom stereocenters. The van der Waals surface area contributed by atoms with E-state index >= 15 is 0 Å². The molecule has 0 fully saturated rings. The van der Waals surface area contributed by atoms with Gasteiger partial charge in [-0.15, -0.1) is 0 Å². The van der Waals surface area contributed by atoms with Gasteiger partial charge in [-0.3, -0.25) is 4.79 Å². The fraction of sp³-hybridized carbons (Fsp3) is 0.118. The predicted molar refractivity (Wildman–Crippen MR) is 78.8 cm³/mol. The van der Waals surface area contributed by atoms with Crippen LogP contribution < -0.4 is 5.56 Å². The van der Waals surface area contributed by atoms with E-state index in [0.29, 0.717) is 0 Å². The van der Waals surface area contributed by atoms with Gasteiger partial charge in [-0.2, -0.15) is 13.2 Å². The predicted octanol–water partition coefficient (Wildman–Crippen LogP) is 4.07. The zero-order valence-corrected chi connectivity index (χ0v) is 11.5. The van der Waals surface area contributed by atoms with Crippen LogP contribution >= 0.6 is 0 Å². The van der Waals surface area contributed by atoms with Gasteiger partial charge in [-0.1, -0.05) is 42.5 Å². The SMILES string of the molecule is O=c1ccc(C(F)(F)F)cn1Cc1cccc2ccccc12. The third-order valence-electron chi connectivity index (χ3n) is 3.53. The lowest BCUT2D eigenvalue weighted by Gasteiger charge is -2.12. The topological polar surface area (TPSA) is 22.0 Å². The van der Waals surface area contributed by atoms with Gasteiger partial charge >= 0.3 is 6.18 Å². The van der Waals surface area contributed by atoms with Crippen LogP contribution in [0.15, 0.2) is 65.6 Å². The van der Waals surface area contributed by atoms with Crippen LogP contribution in [0.4, 0.5) is 13.2 Å². The van der Waals surface area contributed by atoms with Gasteiger partial charge < -0.3 is 4.57 Å². The molecule has 0 saturated carbocycles. The van der Waals surface area contributed by atoms with Crippen molar-refractivity contribution in [3.63, 3.8) is 0 Å².